The van der Waals surface area contributed by atoms with Crippen molar-refractivity contribution in [2.24, 2.45) is 11.7 Å². The molecule has 0 bridgehead atoms. The number of nitrogens with two attached hydrogens (primary N) is 1. The van der Waals surface area contributed by atoms with Crippen LogP contribution in [0.25, 0.3) is 11.1 Å². The van der Waals surface area contributed by atoms with Crippen LogP contribution in [0.1, 0.15) is 29.5 Å². The Morgan fingerprint density at radius 3 is 2.52 bits per heavy atom. The lowest BCUT2D eigenvalue weighted by Crippen LogP contribution is -2.18. The normalized spacial score (nSPS) is 13.1. The van der Waals surface area contributed by atoms with Crippen LogP contribution in [-0.2, 0) is 24.3 Å². The van der Waals surface area contributed by atoms with Gasteiger partial charge in [0.1, 0.15) is 5.82 Å². The zero-order valence-electron chi connectivity index (χ0n) is 18.9. The maximum Gasteiger partial charge on any atom is 0.307 e. The van der Waals surface area contributed by atoms with E-state index in [1.165, 1.54) is 12.8 Å². The average Bonchev–Trinajstić information content (AvgIpc) is 3.63. The molecule has 3 aromatic rings. The molecule has 4 N–H and O–H groups in total. The van der Waals surface area contributed by atoms with E-state index in [0.717, 1.165) is 34.6 Å². The van der Waals surface area contributed by atoms with Crippen LogP contribution in [-0.4, -0.2) is 24.7 Å². The quantitative estimate of drug-likeness (QED) is 0.406. The zero-order valence-corrected chi connectivity index (χ0v) is 18.9. The molecular weight excluding hydrogens is 417 g/mol. The Morgan fingerprint density at radius 2 is 1.82 bits per heavy atom. The first kappa shape index (κ1) is 22.8. The fourth-order valence-electron chi connectivity index (χ4n) is 4.03. The summed E-state index contributed by atoms with van der Waals surface area (Å²) in [6, 6.07) is 18.9. The first-order chi connectivity index (χ1) is 15.9. The van der Waals surface area contributed by atoms with Crippen LogP contribution in [0.5, 0.6) is 0 Å². The highest BCUT2D eigenvalue weighted by Gasteiger charge is 2.21. The van der Waals surface area contributed by atoms with Crippen molar-refractivity contribution in [3.05, 3.63) is 83.2 Å². The molecule has 0 aromatic heterocycles. The van der Waals surface area contributed by atoms with E-state index in [4.69, 9.17) is 5.73 Å². The highest BCUT2D eigenvalue weighted by molar-refractivity contribution is 5.75. The molecule has 5 nitrogen and oxygen atoms in total. The molecule has 3 aromatic carbocycles. The van der Waals surface area contributed by atoms with Crippen LogP contribution in [0.15, 0.2) is 60.7 Å². The third kappa shape index (κ3) is 5.71. The standard InChI is InChI=1S/C27H30FN3O2/c1-31(17-21-6-3-2-5-19(21)13-26(32)33)24-12-22(11-23(14-24)30-16-18-9-10-18)25-8-4-7-20(15-29)27(25)28/h2-8,11-12,14,18,30H,9-10,13,15-17,29H2,1H3,(H,32,33). The van der Waals surface area contributed by atoms with Gasteiger partial charge in [-0.25, -0.2) is 4.39 Å². The Bertz CT molecular complexity index is 1140. The molecule has 33 heavy (non-hydrogen) atoms. The molecule has 0 atom stereocenters. The molecule has 172 valence electrons. The van der Waals surface area contributed by atoms with Crippen LogP contribution in [0, 0.1) is 11.7 Å². The zero-order chi connectivity index (χ0) is 23.4. The second kappa shape index (κ2) is 10.0. The summed E-state index contributed by atoms with van der Waals surface area (Å²) < 4.78 is 15.1. The Morgan fingerprint density at radius 1 is 1.09 bits per heavy atom. The van der Waals surface area contributed by atoms with Crippen molar-refractivity contribution in [2.45, 2.75) is 32.4 Å². The number of hydrogen-bond acceptors (Lipinski definition) is 4. The Hall–Kier alpha value is -3.38. The lowest BCUT2D eigenvalue weighted by atomic mass is 10.00. The van der Waals surface area contributed by atoms with Gasteiger partial charge in [-0.3, -0.25) is 4.79 Å². The molecule has 1 aliphatic rings. The van der Waals surface area contributed by atoms with E-state index in [9.17, 15) is 9.90 Å². The van der Waals surface area contributed by atoms with Crippen molar-refractivity contribution >= 4 is 17.3 Å². The highest BCUT2D eigenvalue weighted by Crippen LogP contribution is 2.34. The topological polar surface area (TPSA) is 78.6 Å². The van der Waals surface area contributed by atoms with Gasteiger partial charge >= 0.3 is 5.97 Å². The summed E-state index contributed by atoms with van der Waals surface area (Å²) in [5, 5.41) is 12.8. The molecule has 0 radical (unpaired) electrons. The number of carboxylic acid groups (broad SMARTS) is 1. The summed E-state index contributed by atoms with van der Waals surface area (Å²) in [6.45, 7) is 1.59. The summed E-state index contributed by atoms with van der Waals surface area (Å²) >= 11 is 0. The lowest BCUT2D eigenvalue weighted by Gasteiger charge is -2.23. The number of nitrogens with zero attached hydrogens (tertiary/aromatic N) is 1. The van der Waals surface area contributed by atoms with Gasteiger partial charge < -0.3 is 21.1 Å². The monoisotopic (exact) mass is 447 g/mol. The molecule has 1 aliphatic carbocycles. The van der Waals surface area contributed by atoms with Crippen molar-refractivity contribution in [1.29, 1.82) is 0 Å². The minimum atomic E-state index is -0.853. The van der Waals surface area contributed by atoms with Gasteiger partial charge in [0.25, 0.3) is 0 Å². The fourth-order valence-corrected chi connectivity index (χ4v) is 4.03. The van der Waals surface area contributed by atoms with Crippen LogP contribution in [0.4, 0.5) is 15.8 Å². The lowest BCUT2D eigenvalue weighted by molar-refractivity contribution is -0.136. The number of aliphatic carboxylic acids is 1. The molecule has 0 spiro atoms. The molecule has 0 saturated heterocycles. The van der Waals surface area contributed by atoms with Crippen molar-refractivity contribution < 1.29 is 14.3 Å². The summed E-state index contributed by atoms with van der Waals surface area (Å²) in [7, 11) is 1.97. The predicted octanol–water partition coefficient (Wildman–Crippen LogP) is 5.04. The van der Waals surface area contributed by atoms with Gasteiger partial charge in [0.15, 0.2) is 0 Å². The minimum absolute atomic E-state index is 0.0185. The van der Waals surface area contributed by atoms with E-state index in [1.54, 1.807) is 12.1 Å². The van der Waals surface area contributed by atoms with Crippen molar-refractivity contribution in [3.8, 4) is 11.1 Å². The molecule has 4 rings (SSSR count). The molecule has 0 amide bonds. The third-order valence-electron chi connectivity index (χ3n) is 6.13. The molecule has 1 fully saturated rings. The Labute approximate surface area is 194 Å². The predicted molar refractivity (Wildman–Crippen MR) is 131 cm³/mol. The van der Waals surface area contributed by atoms with Gasteiger partial charge in [-0.15, -0.1) is 0 Å². The van der Waals surface area contributed by atoms with Gasteiger partial charge in [-0.2, -0.15) is 0 Å². The smallest absolute Gasteiger partial charge is 0.307 e. The largest absolute Gasteiger partial charge is 0.481 e. The number of rotatable bonds is 10. The van der Waals surface area contributed by atoms with E-state index in [0.29, 0.717) is 23.6 Å². The summed E-state index contributed by atoms with van der Waals surface area (Å²) in [5.74, 6) is -0.441. The van der Waals surface area contributed by atoms with E-state index in [-0.39, 0.29) is 18.8 Å². The average molecular weight is 448 g/mol. The van der Waals surface area contributed by atoms with E-state index in [2.05, 4.69) is 16.3 Å². The Kier molecular flexibility index (Phi) is 6.94. The molecule has 0 aliphatic heterocycles. The molecule has 6 heteroatoms. The van der Waals surface area contributed by atoms with E-state index in [1.807, 2.05) is 49.5 Å². The second-order valence-electron chi connectivity index (χ2n) is 8.77. The summed E-state index contributed by atoms with van der Waals surface area (Å²) in [4.78, 5) is 13.3. The summed E-state index contributed by atoms with van der Waals surface area (Å²) in [5.41, 5.74) is 11.1. The van der Waals surface area contributed by atoms with Crippen molar-refractivity contribution in [1.82, 2.24) is 0 Å². The fraction of sp³-hybridized carbons (Fsp3) is 0.296. The van der Waals surface area contributed by atoms with Crippen molar-refractivity contribution in [2.75, 3.05) is 23.8 Å². The minimum Gasteiger partial charge on any atom is -0.481 e. The maximum absolute atomic E-state index is 15.1. The van der Waals surface area contributed by atoms with Crippen molar-refractivity contribution in [3.63, 3.8) is 0 Å². The van der Waals surface area contributed by atoms with E-state index >= 15 is 4.39 Å². The van der Waals surface area contributed by atoms with Crippen LogP contribution < -0.4 is 16.0 Å². The molecule has 1 saturated carbocycles. The first-order valence-corrected chi connectivity index (χ1v) is 11.3. The summed E-state index contributed by atoms with van der Waals surface area (Å²) in [6.07, 6.45) is 2.47. The van der Waals surface area contributed by atoms with Crippen LogP contribution in [0.2, 0.25) is 0 Å². The molecule has 0 heterocycles. The van der Waals surface area contributed by atoms with E-state index < -0.39 is 5.97 Å². The maximum atomic E-state index is 15.1. The second-order valence-corrected chi connectivity index (χ2v) is 8.77. The third-order valence-corrected chi connectivity index (χ3v) is 6.13. The van der Waals surface area contributed by atoms with Gasteiger partial charge in [-0.1, -0.05) is 42.5 Å². The number of hydrogen-bond donors (Lipinski definition) is 3. The number of nitrogens with one attached hydrogen (secondary N) is 1. The van der Waals surface area contributed by atoms with Gasteiger partial charge in [0.05, 0.1) is 6.42 Å². The molecular formula is C27H30FN3O2. The number of benzene rings is 3. The number of anilines is 2. The Balaban J connectivity index is 1.68. The van der Waals surface area contributed by atoms with Crippen LogP contribution in [0.3, 0.4) is 0 Å². The van der Waals surface area contributed by atoms with Gasteiger partial charge in [-0.05, 0) is 53.6 Å². The number of halogens is 1. The molecule has 0 unspecified atom stereocenters. The number of carboxylic acids is 1. The van der Waals surface area contributed by atoms with Gasteiger partial charge in [0.2, 0.25) is 0 Å². The van der Waals surface area contributed by atoms with Crippen LogP contribution >= 0.6 is 0 Å². The number of carbonyl (C=O) groups is 1. The first-order valence-electron chi connectivity index (χ1n) is 11.3. The SMILES string of the molecule is CN(Cc1ccccc1CC(=O)O)c1cc(NCC2CC2)cc(-c2cccc(CN)c2F)c1. The van der Waals surface area contributed by atoms with Gasteiger partial charge in [0, 0.05) is 49.2 Å². The highest BCUT2D eigenvalue weighted by atomic mass is 19.1.